The molecule has 0 heterocycles. The Bertz CT molecular complexity index is 503. The van der Waals surface area contributed by atoms with Crippen LogP contribution in [0, 0.1) is 0 Å². The molecule has 0 radical (unpaired) electrons. The van der Waals surface area contributed by atoms with Crippen LogP contribution in [0.2, 0.25) is 0 Å². The Hall–Kier alpha value is -1.64. The van der Waals surface area contributed by atoms with E-state index in [1.165, 1.54) is 16.7 Å². The van der Waals surface area contributed by atoms with Gasteiger partial charge in [-0.3, -0.25) is 0 Å². The molecule has 1 atom stereocenters. The molecule has 0 saturated heterocycles. The molecule has 0 aliphatic rings. The van der Waals surface area contributed by atoms with E-state index in [1.54, 1.807) is 0 Å². The van der Waals surface area contributed by atoms with E-state index in [1.807, 2.05) is 13.1 Å². The van der Waals surface area contributed by atoms with Gasteiger partial charge in [-0.05, 0) is 23.7 Å². The van der Waals surface area contributed by atoms with E-state index in [-0.39, 0.29) is 0 Å². The van der Waals surface area contributed by atoms with Crippen LogP contribution in [0.25, 0.3) is 11.1 Å². The Labute approximate surface area is 122 Å². The smallest absolute Gasteiger partial charge is 0.0444 e. The molecule has 0 aliphatic carbocycles. The van der Waals surface area contributed by atoms with Crippen molar-refractivity contribution in [3.8, 4) is 11.1 Å². The lowest BCUT2D eigenvalue weighted by molar-refractivity contribution is 0.491. The highest BCUT2D eigenvalue weighted by atomic mass is 15.0. The first kappa shape index (κ1) is 14.8. The largest absolute Gasteiger partial charge is 0.313 e. The maximum atomic E-state index is 3.48. The molecule has 0 fully saturated rings. The minimum absolute atomic E-state index is 0.349. The highest BCUT2D eigenvalue weighted by Crippen LogP contribution is 2.21. The summed E-state index contributed by atoms with van der Waals surface area (Å²) in [6, 6.07) is 20.2. The van der Waals surface area contributed by atoms with Crippen LogP contribution in [0.5, 0.6) is 0 Å². The van der Waals surface area contributed by atoms with Gasteiger partial charge in [-0.25, -0.2) is 0 Å². The van der Waals surface area contributed by atoms with Crippen LogP contribution in [0.3, 0.4) is 0 Å². The number of benzene rings is 2. The van der Waals surface area contributed by atoms with Crippen molar-refractivity contribution in [1.82, 2.24) is 10.6 Å². The van der Waals surface area contributed by atoms with Crippen molar-refractivity contribution in [2.45, 2.75) is 25.9 Å². The molecule has 0 aromatic heterocycles. The van der Waals surface area contributed by atoms with Crippen LogP contribution in [0.1, 0.15) is 25.5 Å². The molecule has 2 N–H and O–H groups in total. The molecule has 1 unspecified atom stereocenters. The third kappa shape index (κ3) is 3.92. The van der Waals surface area contributed by atoms with Crippen molar-refractivity contribution in [1.29, 1.82) is 0 Å². The molecule has 0 aliphatic heterocycles. The van der Waals surface area contributed by atoms with E-state index < -0.39 is 0 Å². The van der Waals surface area contributed by atoms with Crippen molar-refractivity contribution in [2.75, 3.05) is 13.6 Å². The first-order valence-corrected chi connectivity index (χ1v) is 7.26. The zero-order valence-electron chi connectivity index (χ0n) is 12.6. The van der Waals surface area contributed by atoms with Crippen LogP contribution in [0.15, 0.2) is 54.6 Å². The van der Waals surface area contributed by atoms with Gasteiger partial charge in [-0.15, -0.1) is 0 Å². The van der Waals surface area contributed by atoms with Crippen molar-refractivity contribution in [2.24, 2.45) is 0 Å². The normalized spacial score (nSPS) is 12.6. The maximum Gasteiger partial charge on any atom is 0.0444 e. The Morgan fingerprint density at radius 3 is 2.00 bits per heavy atom. The monoisotopic (exact) mass is 268 g/mol. The summed E-state index contributed by atoms with van der Waals surface area (Å²) >= 11 is 0. The summed E-state index contributed by atoms with van der Waals surface area (Å²) in [6.45, 7) is 5.29. The second kappa shape index (κ2) is 7.22. The van der Waals surface area contributed by atoms with Crippen LogP contribution in [-0.2, 0) is 0 Å². The van der Waals surface area contributed by atoms with Crippen LogP contribution in [0.4, 0.5) is 0 Å². The Balaban J connectivity index is 2.10. The van der Waals surface area contributed by atoms with Crippen molar-refractivity contribution < 1.29 is 0 Å². The van der Waals surface area contributed by atoms with Gasteiger partial charge in [0, 0.05) is 18.6 Å². The molecule has 20 heavy (non-hydrogen) atoms. The van der Waals surface area contributed by atoms with E-state index in [0.29, 0.717) is 12.1 Å². The summed E-state index contributed by atoms with van der Waals surface area (Å²) in [5.41, 5.74) is 3.85. The number of hydrogen-bond acceptors (Lipinski definition) is 2. The number of likely N-dealkylation sites (N-methyl/N-ethyl adjacent to an activating group) is 1. The number of rotatable bonds is 6. The zero-order valence-corrected chi connectivity index (χ0v) is 12.6. The molecule has 2 rings (SSSR count). The highest BCUT2D eigenvalue weighted by Gasteiger charge is 2.09. The molecule has 2 nitrogen and oxygen atoms in total. The average Bonchev–Trinajstić information content (AvgIpc) is 2.49. The second-order valence-corrected chi connectivity index (χ2v) is 5.39. The van der Waals surface area contributed by atoms with E-state index >= 15 is 0 Å². The van der Waals surface area contributed by atoms with Gasteiger partial charge in [0.1, 0.15) is 0 Å². The SMILES string of the molecule is CNC(CNC(C)C)c1ccc(-c2ccccc2)cc1. The predicted molar refractivity (Wildman–Crippen MR) is 86.8 cm³/mol. The fourth-order valence-electron chi connectivity index (χ4n) is 2.28. The van der Waals surface area contributed by atoms with E-state index in [9.17, 15) is 0 Å². The minimum atomic E-state index is 0.349. The molecule has 2 heteroatoms. The maximum absolute atomic E-state index is 3.48. The lowest BCUT2D eigenvalue weighted by Gasteiger charge is -2.19. The molecule has 0 spiro atoms. The third-order valence-corrected chi connectivity index (χ3v) is 3.50. The van der Waals surface area contributed by atoms with Gasteiger partial charge >= 0.3 is 0 Å². The quantitative estimate of drug-likeness (QED) is 0.836. The van der Waals surface area contributed by atoms with Gasteiger partial charge in [0.2, 0.25) is 0 Å². The van der Waals surface area contributed by atoms with Crippen LogP contribution in [-0.4, -0.2) is 19.6 Å². The zero-order chi connectivity index (χ0) is 14.4. The average molecular weight is 268 g/mol. The minimum Gasteiger partial charge on any atom is -0.313 e. The highest BCUT2D eigenvalue weighted by molar-refractivity contribution is 5.63. The van der Waals surface area contributed by atoms with Gasteiger partial charge in [-0.1, -0.05) is 68.4 Å². The molecular formula is C18H24N2. The van der Waals surface area contributed by atoms with Gasteiger partial charge in [-0.2, -0.15) is 0 Å². The standard InChI is InChI=1S/C18H24N2/c1-14(2)20-13-18(19-3)17-11-9-16(10-12-17)15-7-5-4-6-8-15/h4-12,14,18-20H,13H2,1-3H3. The first-order valence-electron chi connectivity index (χ1n) is 7.26. The fraction of sp³-hybridized carbons (Fsp3) is 0.333. The molecule has 0 bridgehead atoms. The lowest BCUT2D eigenvalue weighted by atomic mass is 10.0. The molecule has 2 aromatic carbocycles. The Morgan fingerprint density at radius 1 is 0.850 bits per heavy atom. The molecule has 106 valence electrons. The summed E-state index contributed by atoms with van der Waals surface area (Å²) < 4.78 is 0. The topological polar surface area (TPSA) is 24.1 Å². The van der Waals surface area contributed by atoms with Gasteiger partial charge in [0.15, 0.2) is 0 Å². The van der Waals surface area contributed by atoms with Crippen LogP contribution >= 0.6 is 0 Å². The molecule has 2 aromatic rings. The fourth-order valence-corrected chi connectivity index (χ4v) is 2.28. The summed E-state index contributed by atoms with van der Waals surface area (Å²) in [5, 5.41) is 6.85. The summed E-state index contributed by atoms with van der Waals surface area (Å²) in [7, 11) is 2.01. The number of hydrogen-bond donors (Lipinski definition) is 2. The van der Waals surface area contributed by atoms with Crippen LogP contribution < -0.4 is 10.6 Å². The predicted octanol–water partition coefficient (Wildman–Crippen LogP) is 3.61. The molecule has 0 saturated carbocycles. The molecular weight excluding hydrogens is 244 g/mol. The van der Waals surface area contributed by atoms with Gasteiger partial charge in [0.25, 0.3) is 0 Å². The number of nitrogens with one attached hydrogen (secondary N) is 2. The van der Waals surface area contributed by atoms with E-state index in [4.69, 9.17) is 0 Å². The second-order valence-electron chi connectivity index (χ2n) is 5.39. The Kier molecular flexibility index (Phi) is 5.33. The first-order chi connectivity index (χ1) is 9.70. The van der Waals surface area contributed by atoms with E-state index in [0.717, 1.165) is 6.54 Å². The van der Waals surface area contributed by atoms with Gasteiger partial charge in [0.05, 0.1) is 0 Å². The lowest BCUT2D eigenvalue weighted by Crippen LogP contribution is -2.33. The summed E-state index contributed by atoms with van der Waals surface area (Å²) in [4.78, 5) is 0. The van der Waals surface area contributed by atoms with Gasteiger partial charge < -0.3 is 10.6 Å². The summed E-state index contributed by atoms with van der Waals surface area (Å²) in [5.74, 6) is 0. The van der Waals surface area contributed by atoms with Crippen molar-refractivity contribution in [3.05, 3.63) is 60.2 Å². The summed E-state index contributed by atoms with van der Waals surface area (Å²) in [6.07, 6.45) is 0. The third-order valence-electron chi connectivity index (χ3n) is 3.50. The molecule has 0 amide bonds. The van der Waals surface area contributed by atoms with Crippen molar-refractivity contribution >= 4 is 0 Å². The Morgan fingerprint density at radius 2 is 1.45 bits per heavy atom. The van der Waals surface area contributed by atoms with E-state index in [2.05, 4.69) is 73.0 Å². The van der Waals surface area contributed by atoms with Crippen molar-refractivity contribution in [3.63, 3.8) is 0 Å².